The number of nitrogens with one attached hydrogen (secondary N) is 1. The number of benzene rings is 2. The van der Waals surface area contributed by atoms with Gasteiger partial charge in [0.2, 0.25) is 5.91 Å². The zero-order valence-electron chi connectivity index (χ0n) is 15.0. The fourth-order valence-electron chi connectivity index (χ4n) is 2.98. The van der Waals surface area contributed by atoms with Gasteiger partial charge in [0.1, 0.15) is 17.2 Å². The number of fused-ring (bicyclic) bond motifs is 1. The Morgan fingerprint density at radius 1 is 1.07 bits per heavy atom. The highest BCUT2D eigenvalue weighted by molar-refractivity contribution is 5.97. The molecule has 2 aromatic heterocycles. The van der Waals surface area contributed by atoms with Crippen molar-refractivity contribution in [3.05, 3.63) is 66.9 Å². The molecule has 0 aliphatic heterocycles. The number of carbonyl (C=O) groups is 1. The number of amides is 1. The number of pyridine rings is 1. The molecule has 4 rings (SSSR count). The molecule has 0 unspecified atom stereocenters. The van der Waals surface area contributed by atoms with Gasteiger partial charge < -0.3 is 10.1 Å². The lowest BCUT2D eigenvalue weighted by atomic mass is 10.1. The number of aryl methyl sites for hydroxylation is 1. The Hall–Kier alpha value is -3.67. The molecule has 0 aliphatic rings. The summed E-state index contributed by atoms with van der Waals surface area (Å²) < 4.78 is 7.80. The fourth-order valence-corrected chi connectivity index (χ4v) is 2.98. The molecule has 1 amide bonds. The molecule has 134 valence electrons. The van der Waals surface area contributed by atoms with E-state index < -0.39 is 0 Å². The zero-order valence-corrected chi connectivity index (χ0v) is 15.0. The Labute approximate surface area is 156 Å². The average molecular weight is 358 g/mol. The van der Waals surface area contributed by atoms with E-state index in [0.717, 1.165) is 28.0 Å². The molecule has 0 bridgehead atoms. The predicted octanol–water partition coefficient (Wildman–Crippen LogP) is 4.39. The van der Waals surface area contributed by atoms with Gasteiger partial charge >= 0.3 is 0 Å². The third-order valence-electron chi connectivity index (χ3n) is 4.11. The first-order valence-electron chi connectivity index (χ1n) is 8.54. The Balaban J connectivity index is 1.84. The van der Waals surface area contributed by atoms with Crippen molar-refractivity contribution in [3.8, 4) is 22.8 Å². The van der Waals surface area contributed by atoms with Crippen LogP contribution in [0.25, 0.3) is 22.3 Å². The summed E-state index contributed by atoms with van der Waals surface area (Å²) in [5.74, 6) is 1.31. The maximum absolute atomic E-state index is 11.4. The first-order valence-corrected chi connectivity index (χ1v) is 8.54. The number of carbonyl (C=O) groups excluding carboxylic acids is 1. The molecule has 0 spiro atoms. The van der Waals surface area contributed by atoms with Gasteiger partial charge in [-0.3, -0.25) is 4.79 Å². The number of hydrogen-bond acceptors (Lipinski definition) is 4. The quantitative estimate of drug-likeness (QED) is 0.587. The smallest absolute Gasteiger partial charge is 0.221 e. The van der Waals surface area contributed by atoms with E-state index >= 15 is 0 Å². The van der Waals surface area contributed by atoms with Crippen LogP contribution in [0.15, 0.2) is 66.9 Å². The Bertz CT molecular complexity index is 1120. The first-order chi connectivity index (χ1) is 13.1. The number of hydrogen-bond donors (Lipinski definition) is 1. The van der Waals surface area contributed by atoms with Crippen LogP contribution >= 0.6 is 0 Å². The van der Waals surface area contributed by atoms with Crippen LogP contribution in [0.3, 0.4) is 0 Å². The Kier molecular flexibility index (Phi) is 4.30. The van der Waals surface area contributed by atoms with E-state index in [2.05, 4.69) is 15.4 Å². The van der Waals surface area contributed by atoms with Crippen molar-refractivity contribution < 1.29 is 9.53 Å². The minimum atomic E-state index is -0.144. The molecular weight excluding hydrogens is 340 g/mol. The van der Waals surface area contributed by atoms with Gasteiger partial charge in [0.15, 0.2) is 5.65 Å². The molecule has 6 heteroatoms. The predicted molar refractivity (Wildman–Crippen MR) is 105 cm³/mol. The van der Waals surface area contributed by atoms with Crippen LogP contribution in [0.1, 0.15) is 6.92 Å². The average Bonchev–Trinajstić information content (AvgIpc) is 2.98. The third kappa shape index (κ3) is 3.37. The summed E-state index contributed by atoms with van der Waals surface area (Å²) in [7, 11) is 1.84. The van der Waals surface area contributed by atoms with Crippen molar-refractivity contribution in [2.75, 3.05) is 5.32 Å². The highest BCUT2D eigenvalue weighted by Gasteiger charge is 2.16. The number of anilines is 1. The molecule has 2 heterocycles. The summed E-state index contributed by atoms with van der Waals surface area (Å²) in [4.78, 5) is 15.8. The second-order valence-corrected chi connectivity index (χ2v) is 6.16. The van der Waals surface area contributed by atoms with E-state index in [4.69, 9.17) is 4.74 Å². The van der Waals surface area contributed by atoms with E-state index in [1.54, 1.807) is 10.9 Å². The maximum atomic E-state index is 11.4. The van der Waals surface area contributed by atoms with Crippen LogP contribution < -0.4 is 10.1 Å². The van der Waals surface area contributed by atoms with Crippen LogP contribution in [0.2, 0.25) is 0 Å². The highest BCUT2D eigenvalue weighted by atomic mass is 16.5. The lowest BCUT2D eigenvalue weighted by Crippen LogP contribution is -2.05. The van der Waals surface area contributed by atoms with E-state index in [1.165, 1.54) is 6.92 Å². The third-order valence-corrected chi connectivity index (χ3v) is 4.11. The van der Waals surface area contributed by atoms with Gasteiger partial charge in [0.05, 0.1) is 11.9 Å². The van der Waals surface area contributed by atoms with Gasteiger partial charge in [0.25, 0.3) is 0 Å². The molecule has 6 nitrogen and oxygen atoms in total. The normalized spacial score (nSPS) is 10.7. The summed E-state index contributed by atoms with van der Waals surface area (Å²) >= 11 is 0. The lowest BCUT2D eigenvalue weighted by molar-refractivity contribution is -0.114. The summed E-state index contributed by atoms with van der Waals surface area (Å²) in [6, 6.07) is 19.2. The lowest BCUT2D eigenvalue weighted by Gasteiger charge is -2.10. The summed E-state index contributed by atoms with van der Waals surface area (Å²) in [5.41, 5.74) is 2.96. The Morgan fingerprint density at radius 3 is 2.59 bits per heavy atom. The van der Waals surface area contributed by atoms with Crippen LogP contribution in [0, 0.1) is 0 Å². The van der Waals surface area contributed by atoms with Crippen LogP contribution in [0.4, 0.5) is 5.69 Å². The molecule has 0 radical (unpaired) electrons. The van der Waals surface area contributed by atoms with Crippen LogP contribution in [-0.4, -0.2) is 20.7 Å². The molecule has 4 aromatic rings. The largest absolute Gasteiger partial charge is 0.457 e. The van der Waals surface area contributed by atoms with Crippen molar-refractivity contribution in [1.29, 1.82) is 0 Å². The highest BCUT2D eigenvalue weighted by Crippen LogP contribution is 2.36. The summed E-state index contributed by atoms with van der Waals surface area (Å²) in [6.45, 7) is 1.47. The molecule has 0 aliphatic carbocycles. The number of nitrogens with zero attached hydrogens (tertiary/aromatic N) is 3. The minimum absolute atomic E-state index is 0.144. The molecular formula is C21H18N4O2. The number of para-hydroxylation sites is 2. The second kappa shape index (κ2) is 6.92. The standard InChI is InChI=1S/C21H18N4O2/c1-14(26)23-15-12-18-20(24-25(2)21(18)22-13-15)17-10-6-7-11-19(17)27-16-8-4-3-5-9-16/h3-13H,1-2H3,(H,23,26). The van der Waals surface area contributed by atoms with Crippen LogP contribution in [0.5, 0.6) is 11.5 Å². The first kappa shape index (κ1) is 16.8. The zero-order chi connectivity index (χ0) is 18.8. The van der Waals surface area contributed by atoms with Gasteiger partial charge in [-0.15, -0.1) is 0 Å². The fraction of sp³-hybridized carbons (Fsp3) is 0.0952. The molecule has 0 fully saturated rings. The van der Waals surface area contributed by atoms with Crippen molar-refractivity contribution in [1.82, 2.24) is 14.8 Å². The van der Waals surface area contributed by atoms with E-state index in [1.807, 2.05) is 67.7 Å². The SMILES string of the molecule is CC(=O)Nc1cnc2c(c1)c(-c1ccccc1Oc1ccccc1)nn2C. The summed E-state index contributed by atoms with van der Waals surface area (Å²) in [6.07, 6.45) is 1.63. The maximum Gasteiger partial charge on any atom is 0.221 e. The molecule has 27 heavy (non-hydrogen) atoms. The molecule has 0 atom stereocenters. The van der Waals surface area contributed by atoms with Crippen LogP contribution in [-0.2, 0) is 11.8 Å². The number of aromatic nitrogens is 3. The molecule has 2 aromatic carbocycles. The number of rotatable bonds is 4. The van der Waals surface area contributed by atoms with Gasteiger partial charge in [-0.1, -0.05) is 30.3 Å². The van der Waals surface area contributed by atoms with Crippen molar-refractivity contribution >= 4 is 22.6 Å². The van der Waals surface area contributed by atoms with Gasteiger partial charge in [0, 0.05) is 24.9 Å². The topological polar surface area (TPSA) is 69.0 Å². The number of ether oxygens (including phenoxy) is 1. The van der Waals surface area contributed by atoms with Crippen molar-refractivity contribution in [3.63, 3.8) is 0 Å². The Morgan fingerprint density at radius 2 is 1.81 bits per heavy atom. The van der Waals surface area contributed by atoms with Gasteiger partial charge in [-0.05, 0) is 30.3 Å². The van der Waals surface area contributed by atoms with Gasteiger partial charge in [-0.2, -0.15) is 5.10 Å². The molecule has 1 N–H and O–H groups in total. The second-order valence-electron chi connectivity index (χ2n) is 6.16. The van der Waals surface area contributed by atoms with E-state index in [-0.39, 0.29) is 5.91 Å². The van der Waals surface area contributed by atoms with Crippen molar-refractivity contribution in [2.45, 2.75) is 6.92 Å². The van der Waals surface area contributed by atoms with Gasteiger partial charge in [-0.25, -0.2) is 9.67 Å². The monoisotopic (exact) mass is 358 g/mol. The molecule has 0 saturated carbocycles. The van der Waals surface area contributed by atoms with E-state index in [9.17, 15) is 4.79 Å². The summed E-state index contributed by atoms with van der Waals surface area (Å²) in [5, 5.41) is 8.25. The van der Waals surface area contributed by atoms with Crippen molar-refractivity contribution in [2.24, 2.45) is 7.05 Å². The van der Waals surface area contributed by atoms with E-state index in [0.29, 0.717) is 11.4 Å². The molecule has 0 saturated heterocycles. The minimum Gasteiger partial charge on any atom is -0.457 e.